The molecule has 1 N–H and O–H groups in total. The molecule has 0 spiro atoms. The molecule has 0 radical (unpaired) electrons. The minimum absolute atomic E-state index is 0.173. The zero-order chi connectivity index (χ0) is 21.3. The summed E-state index contributed by atoms with van der Waals surface area (Å²) in [6.07, 6.45) is 9.76. The van der Waals surface area contributed by atoms with Crippen molar-refractivity contribution in [1.82, 2.24) is 4.90 Å². The maximum Gasteiger partial charge on any atom is 0.248 e. The molecule has 0 bridgehead atoms. The van der Waals surface area contributed by atoms with Gasteiger partial charge in [0.05, 0.1) is 14.2 Å². The Labute approximate surface area is 179 Å². The Morgan fingerprint density at radius 2 is 1.87 bits per heavy atom. The topological polar surface area (TPSA) is 50.8 Å². The van der Waals surface area contributed by atoms with Crippen molar-refractivity contribution in [3.8, 4) is 11.5 Å². The highest BCUT2D eigenvalue weighted by atomic mass is 16.5. The number of para-hydroxylation sites is 1. The van der Waals surface area contributed by atoms with Gasteiger partial charge in [-0.05, 0) is 55.8 Å². The van der Waals surface area contributed by atoms with Crippen molar-refractivity contribution in [2.75, 3.05) is 26.6 Å². The van der Waals surface area contributed by atoms with E-state index < -0.39 is 0 Å². The van der Waals surface area contributed by atoms with E-state index in [9.17, 15) is 4.79 Å². The van der Waals surface area contributed by atoms with Crippen LogP contribution in [0.2, 0.25) is 0 Å². The number of methoxy groups -OCH3 is 2. The zero-order valence-electron chi connectivity index (χ0n) is 18.2. The number of hydrogen-bond acceptors (Lipinski definition) is 4. The molecule has 0 atom stereocenters. The van der Waals surface area contributed by atoms with Crippen molar-refractivity contribution < 1.29 is 14.3 Å². The van der Waals surface area contributed by atoms with Gasteiger partial charge in [0.1, 0.15) is 11.5 Å². The molecule has 2 aromatic rings. The van der Waals surface area contributed by atoms with Crippen molar-refractivity contribution in [3.63, 3.8) is 0 Å². The van der Waals surface area contributed by atoms with Crippen molar-refractivity contribution >= 4 is 17.7 Å². The van der Waals surface area contributed by atoms with E-state index in [1.165, 1.54) is 38.2 Å². The third kappa shape index (κ3) is 5.86. The number of nitrogens with one attached hydrogen (secondary N) is 1. The van der Waals surface area contributed by atoms with E-state index in [1.54, 1.807) is 20.3 Å². The Kier molecular flexibility index (Phi) is 7.91. The van der Waals surface area contributed by atoms with E-state index in [-0.39, 0.29) is 5.91 Å². The lowest BCUT2D eigenvalue weighted by atomic mass is 9.94. The van der Waals surface area contributed by atoms with Gasteiger partial charge < -0.3 is 14.8 Å². The first kappa shape index (κ1) is 21.9. The van der Waals surface area contributed by atoms with Crippen molar-refractivity contribution in [1.29, 1.82) is 0 Å². The Morgan fingerprint density at radius 1 is 1.10 bits per heavy atom. The molecule has 0 heterocycles. The van der Waals surface area contributed by atoms with Gasteiger partial charge in [0.15, 0.2) is 0 Å². The van der Waals surface area contributed by atoms with Gasteiger partial charge in [0.2, 0.25) is 5.91 Å². The summed E-state index contributed by atoms with van der Waals surface area (Å²) in [4.78, 5) is 15.0. The average molecular weight is 409 g/mol. The molecule has 1 aliphatic rings. The highest BCUT2D eigenvalue weighted by Crippen LogP contribution is 2.26. The van der Waals surface area contributed by atoms with Gasteiger partial charge in [-0.3, -0.25) is 9.69 Å². The van der Waals surface area contributed by atoms with Gasteiger partial charge >= 0.3 is 0 Å². The number of ether oxygens (including phenoxy) is 2. The van der Waals surface area contributed by atoms with Gasteiger partial charge in [0, 0.05) is 29.9 Å². The number of carbonyl (C=O) groups is 1. The van der Waals surface area contributed by atoms with E-state index in [1.807, 2.05) is 36.4 Å². The van der Waals surface area contributed by atoms with Crippen LogP contribution in [0.15, 0.2) is 48.5 Å². The number of anilines is 1. The summed E-state index contributed by atoms with van der Waals surface area (Å²) < 4.78 is 10.6. The molecule has 0 unspecified atom stereocenters. The van der Waals surface area contributed by atoms with Crippen LogP contribution in [-0.2, 0) is 11.3 Å². The number of hydrogen-bond donors (Lipinski definition) is 1. The quantitative estimate of drug-likeness (QED) is 0.616. The summed E-state index contributed by atoms with van der Waals surface area (Å²) in [5.41, 5.74) is 2.77. The summed E-state index contributed by atoms with van der Waals surface area (Å²) in [5, 5.41) is 3.03. The summed E-state index contributed by atoms with van der Waals surface area (Å²) in [5.74, 6) is 1.23. The van der Waals surface area contributed by atoms with Gasteiger partial charge in [-0.15, -0.1) is 0 Å². The molecule has 3 rings (SSSR count). The third-order valence-corrected chi connectivity index (χ3v) is 5.74. The number of carbonyl (C=O) groups excluding carboxylic acids is 1. The molecule has 1 amide bonds. The molecule has 0 saturated heterocycles. The Hall–Kier alpha value is -2.79. The van der Waals surface area contributed by atoms with Crippen molar-refractivity contribution in [2.24, 2.45) is 0 Å². The monoisotopic (exact) mass is 408 g/mol. The van der Waals surface area contributed by atoms with Crippen LogP contribution in [0.1, 0.15) is 43.2 Å². The van der Waals surface area contributed by atoms with E-state index in [0.717, 1.165) is 23.4 Å². The SMILES string of the molecule is COc1ccc(OC)c(/C=C/C(=O)Nc2ccccc2CN(C)C2CCCCC2)c1. The van der Waals surface area contributed by atoms with Crippen LogP contribution >= 0.6 is 0 Å². The molecule has 1 saturated carbocycles. The molecule has 1 aliphatic carbocycles. The maximum absolute atomic E-state index is 12.6. The molecule has 2 aromatic carbocycles. The predicted octanol–water partition coefficient (Wildman–Crippen LogP) is 5.12. The van der Waals surface area contributed by atoms with E-state index in [0.29, 0.717) is 17.5 Å². The Bertz CT molecular complexity index is 872. The molecular weight excluding hydrogens is 376 g/mol. The third-order valence-electron chi connectivity index (χ3n) is 5.74. The number of rotatable bonds is 8. The summed E-state index contributed by atoms with van der Waals surface area (Å²) in [6, 6.07) is 14.2. The largest absolute Gasteiger partial charge is 0.497 e. The summed E-state index contributed by atoms with van der Waals surface area (Å²) in [7, 11) is 5.41. The second-order valence-electron chi connectivity index (χ2n) is 7.79. The van der Waals surface area contributed by atoms with Crippen molar-refractivity contribution in [2.45, 2.75) is 44.7 Å². The maximum atomic E-state index is 12.6. The fourth-order valence-corrected chi connectivity index (χ4v) is 4.01. The number of amides is 1. The molecule has 30 heavy (non-hydrogen) atoms. The lowest BCUT2D eigenvalue weighted by Gasteiger charge is -2.31. The van der Waals surface area contributed by atoms with E-state index in [4.69, 9.17) is 9.47 Å². The molecule has 5 nitrogen and oxygen atoms in total. The van der Waals surface area contributed by atoms with Gasteiger partial charge in [0.25, 0.3) is 0 Å². The average Bonchev–Trinajstić information content (AvgIpc) is 2.79. The molecule has 0 aromatic heterocycles. The van der Waals surface area contributed by atoms with Crippen LogP contribution in [0.3, 0.4) is 0 Å². The Balaban J connectivity index is 1.68. The zero-order valence-corrected chi connectivity index (χ0v) is 18.2. The lowest BCUT2D eigenvalue weighted by Crippen LogP contribution is -2.33. The fraction of sp³-hybridized carbons (Fsp3) is 0.400. The normalized spacial score (nSPS) is 14.8. The second-order valence-corrected chi connectivity index (χ2v) is 7.79. The highest BCUT2D eigenvalue weighted by Gasteiger charge is 2.19. The van der Waals surface area contributed by atoms with Crippen LogP contribution in [-0.4, -0.2) is 38.1 Å². The van der Waals surface area contributed by atoms with E-state index >= 15 is 0 Å². The fourth-order valence-electron chi connectivity index (χ4n) is 4.01. The van der Waals surface area contributed by atoms with E-state index in [2.05, 4.69) is 23.3 Å². The number of nitrogens with zero attached hydrogens (tertiary/aromatic N) is 1. The lowest BCUT2D eigenvalue weighted by molar-refractivity contribution is -0.111. The molecule has 5 heteroatoms. The smallest absolute Gasteiger partial charge is 0.248 e. The first-order valence-corrected chi connectivity index (χ1v) is 10.6. The Morgan fingerprint density at radius 3 is 2.60 bits per heavy atom. The minimum Gasteiger partial charge on any atom is -0.497 e. The summed E-state index contributed by atoms with van der Waals surface area (Å²) >= 11 is 0. The van der Waals surface area contributed by atoms with Crippen LogP contribution in [0.4, 0.5) is 5.69 Å². The first-order chi connectivity index (χ1) is 14.6. The minimum atomic E-state index is -0.173. The van der Waals surface area contributed by atoms with Crippen LogP contribution in [0, 0.1) is 0 Å². The van der Waals surface area contributed by atoms with Crippen molar-refractivity contribution in [3.05, 3.63) is 59.7 Å². The van der Waals surface area contributed by atoms with Crippen LogP contribution in [0.25, 0.3) is 6.08 Å². The molecular formula is C25H32N2O3. The van der Waals surface area contributed by atoms with Gasteiger partial charge in [-0.25, -0.2) is 0 Å². The standard InChI is InChI=1S/C25H32N2O3/c1-27(21-10-5-4-6-11-21)18-20-9-7-8-12-23(20)26-25(28)16-13-19-17-22(29-2)14-15-24(19)30-3/h7-9,12-17,21H,4-6,10-11,18H2,1-3H3,(H,26,28)/b16-13+. The highest BCUT2D eigenvalue weighted by molar-refractivity contribution is 6.02. The van der Waals surface area contributed by atoms with Gasteiger partial charge in [-0.2, -0.15) is 0 Å². The molecule has 1 fully saturated rings. The number of benzene rings is 2. The van der Waals surface area contributed by atoms with Gasteiger partial charge in [-0.1, -0.05) is 37.5 Å². The van der Waals surface area contributed by atoms with Crippen LogP contribution < -0.4 is 14.8 Å². The first-order valence-electron chi connectivity index (χ1n) is 10.6. The molecule has 160 valence electrons. The summed E-state index contributed by atoms with van der Waals surface area (Å²) in [6.45, 7) is 0.828. The second kappa shape index (κ2) is 10.8. The predicted molar refractivity (Wildman–Crippen MR) is 122 cm³/mol. The van der Waals surface area contributed by atoms with Crippen LogP contribution in [0.5, 0.6) is 11.5 Å². The molecule has 0 aliphatic heterocycles.